The number of hydrogen-bond acceptors (Lipinski definition) is 3. The summed E-state index contributed by atoms with van der Waals surface area (Å²) in [6.45, 7) is 0. The molecule has 3 nitrogen and oxygen atoms in total. The standard InChI is InChI=1S/C14H8ClNO2S/c15-13-6-5-12(19-13)7-11(8-16)9-1-3-10(4-2-9)14(17)18/h1-7H,(H,17,18)/b11-7+. The quantitative estimate of drug-likeness (QED) is 0.863. The fourth-order valence-corrected chi connectivity index (χ4v) is 2.52. The zero-order chi connectivity index (χ0) is 13.8. The minimum atomic E-state index is -0.987. The molecule has 0 aliphatic carbocycles. The summed E-state index contributed by atoms with van der Waals surface area (Å²) in [6, 6.07) is 11.9. The first-order chi connectivity index (χ1) is 9.10. The maximum Gasteiger partial charge on any atom is 0.335 e. The van der Waals surface area contributed by atoms with Crippen LogP contribution in [0.3, 0.4) is 0 Å². The second-order valence-corrected chi connectivity index (χ2v) is 5.44. The van der Waals surface area contributed by atoms with Gasteiger partial charge in [-0.2, -0.15) is 5.26 Å². The number of nitriles is 1. The van der Waals surface area contributed by atoms with Crippen molar-refractivity contribution >= 4 is 40.6 Å². The molecule has 19 heavy (non-hydrogen) atoms. The maximum absolute atomic E-state index is 10.8. The molecule has 0 spiro atoms. The molecule has 0 saturated carbocycles. The molecule has 0 saturated heterocycles. The molecular formula is C14H8ClNO2S. The largest absolute Gasteiger partial charge is 0.478 e. The van der Waals surface area contributed by atoms with Crippen LogP contribution in [-0.4, -0.2) is 11.1 Å². The molecule has 0 amide bonds. The van der Waals surface area contributed by atoms with E-state index in [1.54, 1.807) is 24.3 Å². The van der Waals surface area contributed by atoms with Crippen LogP contribution in [0, 0.1) is 11.3 Å². The lowest BCUT2D eigenvalue weighted by atomic mass is 10.0. The fourth-order valence-electron chi connectivity index (χ4n) is 1.52. The molecule has 1 aromatic heterocycles. The van der Waals surface area contributed by atoms with E-state index in [1.165, 1.54) is 23.5 Å². The molecule has 0 radical (unpaired) electrons. The second-order valence-electron chi connectivity index (χ2n) is 3.69. The molecule has 2 aromatic rings. The molecule has 0 aliphatic rings. The first-order valence-corrected chi connectivity index (χ1v) is 6.50. The lowest BCUT2D eigenvalue weighted by Crippen LogP contribution is -1.95. The first-order valence-electron chi connectivity index (χ1n) is 5.31. The monoisotopic (exact) mass is 289 g/mol. The van der Waals surface area contributed by atoms with Gasteiger partial charge < -0.3 is 5.11 Å². The molecule has 1 aromatic carbocycles. The summed E-state index contributed by atoms with van der Waals surface area (Å²) in [6.07, 6.45) is 1.73. The van der Waals surface area contributed by atoms with Crippen LogP contribution in [0.2, 0.25) is 4.34 Å². The SMILES string of the molecule is N#C/C(=C\c1ccc(Cl)s1)c1ccc(C(=O)O)cc1. The number of thiophene rings is 1. The van der Waals surface area contributed by atoms with E-state index in [0.29, 0.717) is 15.5 Å². The highest BCUT2D eigenvalue weighted by Crippen LogP contribution is 2.26. The van der Waals surface area contributed by atoms with E-state index in [9.17, 15) is 4.79 Å². The minimum absolute atomic E-state index is 0.195. The van der Waals surface area contributed by atoms with E-state index < -0.39 is 5.97 Å². The smallest absolute Gasteiger partial charge is 0.335 e. The Balaban J connectivity index is 2.35. The summed E-state index contributed by atoms with van der Waals surface area (Å²) >= 11 is 7.21. The molecule has 5 heteroatoms. The highest BCUT2D eigenvalue weighted by Gasteiger charge is 2.05. The summed E-state index contributed by atoms with van der Waals surface area (Å²) in [5, 5.41) is 18.0. The Morgan fingerprint density at radius 2 is 1.84 bits per heavy atom. The Bertz CT molecular complexity index is 680. The third-order valence-corrected chi connectivity index (χ3v) is 3.62. The highest BCUT2D eigenvalue weighted by atomic mass is 35.5. The van der Waals surface area contributed by atoms with Gasteiger partial charge in [0, 0.05) is 4.88 Å². The highest BCUT2D eigenvalue weighted by molar-refractivity contribution is 7.17. The average Bonchev–Trinajstić information content (AvgIpc) is 2.81. The van der Waals surface area contributed by atoms with E-state index in [-0.39, 0.29) is 5.56 Å². The normalized spacial score (nSPS) is 11.1. The van der Waals surface area contributed by atoms with Crippen molar-refractivity contribution in [2.24, 2.45) is 0 Å². The summed E-state index contributed by atoms with van der Waals surface area (Å²) in [5.74, 6) is -0.987. The summed E-state index contributed by atoms with van der Waals surface area (Å²) < 4.78 is 0.657. The lowest BCUT2D eigenvalue weighted by Gasteiger charge is -1.99. The number of hydrogen-bond donors (Lipinski definition) is 1. The van der Waals surface area contributed by atoms with E-state index in [2.05, 4.69) is 6.07 Å². The number of allylic oxidation sites excluding steroid dienone is 1. The van der Waals surface area contributed by atoms with Gasteiger partial charge in [0.05, 0.1) is 21.5 Å². The Morgan fingerprint density at radius 3 is 2.32 bits per heavy atom. The summed E-state index contributed by atoms with van der Waals surface area (Å²) in [5.41, 5.74) is 1.34. The van der Waals surface area contributed by atoms with E-state index >= 15 is 0 Å². The van der Waals surface area contributed by atoms with Crippen LogP contribution < -0.4 is 0 Å². The minimum Gasteiger partial charge on any atom is -0.478 e. The van der Waals surface area contributed by atoms with Crippen LogP contribution >= 0.6 is 22.9 Å². The van der Waals surface area contributed by atoms with Gasteiger partial charge in [0.1, 0.15) is 0 Å². The Hall–Kier alpha value is -2.09. The van der Waals surface area contributed by atoms with Gasteiger partial charge in [-0.15, -0.1) is 11.3 Å². The Labute approximate surface area is 119 Å². The zero-order valence-corrected chi connectivity index (χ0v) is 11.2. The van der Waals surface area contributed by atoms with Crippen LogP contribution in [0.15, 0.2) is 36.4 Å². The third-order valence-electron chi connectivity index (χ3n) is 2.44. The van der Waals surface area contributed by atoms with Gasteiger partial charge in [-0.1, -0.05) is 23.7 Å². The van der Waals surface area contributed by atoms with Gasteiger partial charge >= 0.3 is 5.97 Å². The number of carbonyl (C=O) groups is 1. The van der Waals surface area contributed by atoms with Crippen molar-refractivity contribution in [1.82, 2.24) is 0 Å². The van der Waals surface area contributed by atoms with Crippen molar-refractivity contribution in [3.05, 3.63) is 56.7 Å². The number of aromatic carboxylic acids is 1. The zero-order valence-electron chi connectivity index (χ0n) is 9.63. The molecule has 0 atom stereocenters. The van der Waals surface area contributed by atoms with Crippen molar-refractivity contribution in [3.63, 3.8) is 0 Å². The molecule has 2 rings (SSSR count). The number of carboxylic acids is 1. The molecule has 0 unspecified atom stereocenters. The second kappa shape index (κ2) is 5.70. The Kier molecular flexibility index (Phi) is 4.00. The molecule has 0 bridgehead atoms. The predicted octanol–water partition coefficient (Wildman–Crippen LogP) is 4.16. The molecule has 1 heterocycles. The topological polar surface area (TPSA) is 61.1 Å². The van der Waals surface area contributed by atoms with E-state index in [0.717, 1.165) is 4.88 Å². The van der Waals surface area contributed by atoms with Crippen LogP contribution in [0.5, 0.6) is 0 Å². The van der Waals surface area contributed by atoms with Crippen molar-refractivity contribution in [2.75, 3.05) is 0 Å². The predicted molar refractivity (Wildman–Crippen MR) is 76.2 cm³/mol. The molecule has 94 valence electrons. The average molecular weight is 290 g/mol. The molecular weight excluding hydrogens is 282 g/mol. The van der Waals surface area contributed by atoms with Crippen LogP contribution in [0.25, 0.3) is 11.6 Å². The van der Waals surface area contributed by atoms with Crippen LogP contribution in [-0.2, 0) is 0 Å². The van der Waals surface area contributed by atoms with Crippen molar-refractivity contribution in [3.8, 4) is 6.07 Å². The third kappa shape index (κ3) is 3.22. The number of nitrogens with zero attached hydrogens (tertiary/aromatic N) is 1. The van der Waals surface area contributed by atoms with Gasteiger partial charge in [0.2, 0.25) is 0 Å². The van der Waals surface area contributed by atoms with Gasteiger partial charge in [0.25, 0.3) is 0 Å². The lowest BCUT2D eigenvalue weighted by molar-refractivity contribution is 0.0697. The number of carboxylic acid groups (broad SMARTS) is 1. The molecule has 0 fully saturated rings. The van der Waals surface area contributed by atoms with Crippen molar-refractivity contribution in [1.29, 1.82) is 5.26 Å². The maximum atomic E-state index is 10.8. The van der Waals surface area contributed by atoms with Crippen LogP contribution in [0.1, 0.15) is 20.8 Å². The number of benzene rings is 1. The van der Waals surface area contributed by atoms with Gasteiger partial charge in [0.15, 0.2) is 0 Å². The van der Waals surface area contributed by atoms with Crippen molar-refractivity contribution < 1.29 is 9.90 Å². The molecule has 1 N–H and O–H groups in total. The fraction of sp³-hybridized carbons (Fsp3) is 0. The van der Waals surface area contributed by atoms with Gasteiger partial charge in [-0.05, 0) is 35.9 Å². The summed E-state index contributed by atoms with van der Waals surface area (Å²) in [4.78, 5) is 11.6. The Morgan fingerprint density at radius 1 is 1.21 bits per heavy atom. The van der Waals surface area contributed by atoms with Gasteiger partial charge in [-0.3, -0.25) is 0 Å². The van der Waals surface area contributed by atoms with Crippen LogP contribution in [0.4, 0.5) is 0 Å². The number of rotatable bonds is 3. The number of halogens is 1. The first kappa shape index (κ1) is 13.3. The van der Waals surface area contributed by atoms with Gasteiger partial charge in [-0.25, -0.2) is 4.79 Å². The van der Waals surface area contributed by atoms with E-state index in [4.69, 9.17) is 22.0 Å². The summed E-state index contributed by atoms with van der Waals surface area (Å²) in [7, 11) is 0. The molecule has 0 aliphatic heterocycles. The van der Waals surface area contributed by atoms with Crippen molar-refractivity contribution in [2.45, 2.75) is 0 Å². The van der Waals surface area contributed by atoms with E-state index in [1.807, 2.05) is 6.07 Å².